The third kappa shape index (κ3) is 4.70. The van der Waals surface area contributed by atoms with E-state index in [4.69, 9.17) is 27.9 Å². The first-order valence-corrected chi connectivity index (χ1v) is 10.9. The fourth-order valence-corrected chi connectivity index (χ4v) is 4.72. The van der Waals surface area contributed by atoms with Crippen molar-refractivity contribution in [2.75, 3.05) is 23.8 Å². The first kappa shape index (κ1) is 22.0. The SMILES string of the molecule is COc1ccc(NC(=O)c2ccccc2N(C)S(=O)(=O)c2cc(Cl)cc(Cl)c2)cc1. The molecule has 0 unspecified atom stereocenters. The van der Waals surface area contributed by atoms with Crippen molar-refractivity contribution in [3.63, 3.8) is 0 Å². The Hall–Kier alpha value is -2.74. The first-order valence-electron chi connectivity index (χ1n) is 8.72. The Morgan fingerprint density at radius 1 is 0.967 bits per heavy atom. The molecule has 0 saturated carbocycles. The molecule has 9 heteroatoms. The molecule has 30 heavy (non-hydrogen) atoms. The van der Waals surface area contributed by atoms with Gasteiger partial charge in [-0.05, 0) is 54.6 Å². The lowest BCUT2D eigenvalue weighted by Gasteiger charge is -2.22. The van der Waals surface area contributed by atoms with E-state index in [1.54, 1.807) is 55.6 Å². The summed E-state index contributed by atoms with van der Waals surface area (Å²) in [6, 6.07) is 17.2. The molecular weight excluding hydrogens is 447 g/mol. The summed E-state index contributed by atoms with van der Waals surface area (Å²) in [6.07, 6.45) is 0. The van der Waals surface area contributed by atoms with Crippen LogP contribution in [0.2, 0.25) is 10.0 Å². The van der Waals surface area contributed by atoms with Gasteiger partial charge < -0.3 is 10.1 Å². The van der Waals surface area contributed by atoms with Crippen LogP contribution in [0.5, 0.6) is 5.75 Å². The summed E-state index contributed by atoms with van der Waals surface area (Å²) in [5, 5.41) is 3.14. The Morgan fingerprint density at radius 3 is 2.17 bits per heavy atom. The number of ether oxygens (including phenoxy) is 1. The molecule has 0 aromatic heterocycles. The lowest BCUT2D eigenvalue weighted by molar-refractivity contribution is 0.102. The molecule has 0 aliphatic carbocycles. The third-order valence-corrected chi connectivity index (χ3v) is 6.52. The maximum atomic E-state index is 13.1. The van der Waals surface area contributed by atoms with Gasteiger partial charge in [0.1, 0.15) is 5.75 Å². The van der Waals surface area contributed by atoms with E-state index in [1.807, 2.05) is 0 Å². The Bertz CT molecular complexity index is 1160. The van der Waals surface area contributed by atoms with E-state index in [2.05, 4.69) is 5.32 Å². The smallest absolute Gasteiger partial charge is 0.264 e. The number of sulfonamides is 1. The van der Waals surface area contributed by atoms with Gasteiger partial charge in [-0.15, -0.1) is 0 Å². The Labute approximate surface area is 185 Å². The number of halogens is 2. The van der Waals surface area contributed by atoms with Crippen LogP contribution in [0, 0.1) is 0 Å². The van der Waals surface area contributed by atoms with Crippen LogP contribution in [0.25, 0.3) is 0 Å². The zero-order chi connectivity index (χ0) is 21.9. The molecule has 0 saturated heterocycles. The number of carbonyl (C=O) groups is 1. The molecule has 0 fully saturated rings. The number of anilines is 2. The lowest BCUT2D eigenvalue weighted by atomic mass is 10.1. The van der Waals surface area contributed by atoms with Gasteiger partial charge in [-0.25, -0.2) is 8.42 Å². The van der Waals surface area contributed by atoms with Crippen LogP contribution in [0.15, 0.2) is 71.6 Å². The Kier molecular flexibility index (Phi) is 6.55. The summed E-state index contributed by atoms with van der Waals surface area (Å²) < 4.78 is 32.3. The predicted molar refractivity (Wildman–Crippen MR) is 119 cm³/mol. The molecule has 0 aliphatic rings. The van der Waals surface area contributed by atoms with Crippen LogP contribution in [0.4, 0.5) is 11.4 Å². The van der Waals surface area contributed by atoms with Crippen molar-refractivity contribution in [2.24, 2.45) is 0 Å². The molecule has 1 N–H and O–H groups in total. The third-order valence-electron chi connectivity index (χ3n) is 4.33. The number of nitrogens with one attached hydrogen (secondary N) is 1. The van der Waals surface area contributed by atoms with Gasteiger partial charge in [0, 0.05) is 22.8 Å². The van der Waals surface area contributed by atoms with E-state index < -0.39 is 15.9 Å². The summed E-state index contributed by atoms with van der Waals surface area (Å²) in [6.45, 7) is 0. The van der Waals surface area contributed by atoms with E-state index >= 15 is 0 Å². The monoisotopic (exact) mass is 464 g/mol. The van der Waals surface area contributed by atoms with Gasteiger partial charge in [-0.2, -0.15) is 0 Å². The van der Waals surface area contributed by atoms with Crippen molar-refractivity contribution in [3.8, 4) is 5.75 Å². The van der Waals surface area contributed by atoms with E-state index in [-0.39, 0.29) is 26.2 Å². The summed E-state index contributed by atoms with van der Waals surface area (Å²) in [4.78, 5) is 12.8. The minimum atomic E-state index is -4.01. The second kappa shape index (κ2) is 8.95. The van der Waals surface area contributed by atoms with Gasteiger partial charge in [0.05, 0.1) is 23.3 Å². The number of benzene rings is 3. The van der Waals surface area contributed by atoms with E-state index in [0.717, 1.165) is 4.31 Å². The molecule has 3 aromatic carbocycles. The van der Waals surface area contributed by atoms with Crippen LogP contribution < -0.4 is 14.4 Å². The normalized spacial score (nSPS) is 11.1. The number of amides is 1. The molecule has 0 aliphatic heterocycles. The molecule has 0 atom stereocenters. The quantitative estimate of drug-likeness (QED) is 0.551. The van der Waals surface area contributed by atoms with Crippen LogP contribution in [0.3, 0.4) is 0 Å². The Balaban J connectivity index is 1.94. The topological polar surface area (TPSA) is 75.7 Å². The molecule has 3 rings (SSSR count). The number of rotatable bonds is 6. The number of methoxy groups -OCH3 is 1. The highest BCUT2D eigenvalue weighted by atomic mass is 35.5. The fourth-order valence-electron chi connectivity index (χ4n) is 2.78. The maximum Gasteiger partial charge on any atom is 0.264 e. The summed E-state index contributed by atoms with van der Waals surface area (Å²) >= 11 is 11.9. The van der Waals surface area contributed by atoms with Crippen molar-refractivity contribution in [1.29, 1.82) is 0 Å². The van der Waals surface area contributed by atoms with Crippen molar-refractivity contribution < 1.29 is 17.9 Å². The number of nitrogens with zero attached hydrogens (tertiary/aromatic N) is 1. The van der Waals surface area contributed by atoms with E-state index in [1.165, 1.54) is 25.2 Å². The molecule has 1 amide bonds. The van der Waals surface area contributed by atoms with Crippen LogP contribution in [0.1, 0.15) is 10.4 Å². The maximum absolute atomic E-state index is 13.1. The summed E-state index contributed by atoms with van der Waals surface area (Å²) in [7, 11) is -1.09. The fraction of sp³-hybridized carbons (Fsp3) is 0.0952. The van der Waals surface area contributed by atoms with Gasteiger partial charge in [0.15, 0.2) is 0 Å². The second-order valence-electron chi connectivity index (χ2n) is 6.28. The molecule has 0 heterocycles. The van der Waals surface area contributed by atoms with Gasteiger partial charge in [-0.3, -0.25) is 9.10 Å². The lowest BCUT2D eigenvalue weighted by Crippen LogP contribution is -2.29. The molecule has 156 valence electrons. The van der Waals surface area contributed by atoms with Crippen LogP contribution in [-0.4, -0.2) is 28.5 Å². The highest BCUT2D eigenvalue weighted by molar-refractivity contribution is 7.92. The zero-order valence-corrected chi connectivity index (χ0v) is 18.4. The largest absolute Gasteiger partial charge is 0.497 e. The standard InChI is InChI=1S/C21H18Cl2N2O4S/c1-25(30(27,28)18-12-14(22)11-15(23)13-18)20-6-4-3-5-19(20)21(26)24-16-7-9-17(29-2)10-8-16/h3-13H,1-2H3,(H,24,26). The number of para-hydroxylation sites is 1. The highest BCUT2D eigenvalue weighted by Gasteiger charge is 2.26. The van der Waals surface area contributed by atoms with Gasteiger partial charge >= 0.3 is 0 Å². The van der Waals surface area contributed by atoms with Crippen LogP contribution >= 0.6 is 23.2 Å². The highest BCUT2D eigenvalue weighted by Crippen LogP contribution is 2.29. The van der Waals surface area contributed by atoms with Gasteiger partial charge in [0.2, 0.25) is 0 Å². The minimum absolute atomic E-state index is 0.0761. The summed E-state index contributed by atoms with van der Waals surface area (Å²) in [5.74, 6) is 0.196. The molecular formula is C21H18Cl2N2O4S. The average molecular weight is 465 g/mol. The molecule has 0 bridgehead atoms. The Morgan fingerprint density at radius 2 is 1.57 bits per heavy atom. The van der Waals surface area contributed by atoms with Crippen molar-refractivity contribution >= 4 is 50.5 Å². The molecule has 0 spiro atoms. The molecule has 6 nitrogen and oxygen atoms in total. The predicted octanol–water partition coefficient (Wildman–Crippen LogP) is 5.08. The van der Waals surface area contributed by atoms with Crippen molar-refractivity contribution in [2.45, 2.75) is 4.90 Å². The zero-order valence-electron chi connectivity index (χ0n) is 16.1. The van der Waals surface area contributed by atoms with Crippen LogP contribution in [-0.2, 0) is 10.0 Å². The number of carbonyl (C=O) groups excluding carboxylic acids is 1. The van der Waals surface area contributed by atoms with Crippen molar-refractivity contribution in [1.82, 2.24) is 0 Å². The van der Waals surface area contributed by atoms with Gasteiger partial charge in [-0.1, -0.05) is 35.3 Å². The summed E-state index contributed by atoms with van der Waals surface area (Å²) in [5.41, 5.74) is 0.940. The number of hydrogen-bond acceptors (Lipinski definition) is 4. The average Bonchev–Trinajstić information content (AvgIpc) is 2.73. The molecule has 3 aromatic rings. The minimum Gasteiger partial charge on any atom is -0.497 e. The number of hydrogen-bond donors (Lipinski definition) is 1. The van der Waals surface area contributed by atoms with Crippen molar-refractivity contribution in [3.05, 3.63) is 82.3 Å². The van der Waals surface area contributed by atoms with Gasteiger partial charge in [0.25, 0.3) is 15.9 Å². The van der Waals surface area contributed by atoms with E-state index in [9.17, 15) is 13.2 Å². The molecule has 0 radical (unpaired) electrons. The van der Waals surface area contributed by atoms with E-state index in [0.29, 0.717) is 11.4 Å². The first-order chi connectivity index (χ1) is 14.2. The second-order valence-corrected chi connectivity index (χ2v) is 9.12.